The zero-order chi connectivity index (χ0) is 33.1. The Kier molecular flexibility index (Phi) is 11.0. The minimum Gasteiger partial charge on any atom is -0.461 e. The number of aliphatic hydroxyl groups is 2. The van der Waals surface area contributed by atoms with Gasteiger partial charge in [-0.2, -0.15) is 5.10 Å². The number of fused-ring (bicyclic) bond motifs is 1. The van der Waals surface area contributed by atoms with Crippen molar-refractivity contribution in [2.45, 2.75) is 133 Å². The Hall–Kier alpha value is -2.65. The predicted octanol–water partition coefficient (Wildman–Crippen LogP) is 2.70. The minimum absolute atomic E-state index is 0.215. The summed E-state index contributed by atoms with van der Waals surface area (Å²) >= 11 is 0. The fourth-order valence-corrected chi connectivity index (χ4v) is 8.24. The fraction of sp³-hybridized carbons (Fsp3) is 0.733. The average Bonchev–Trinajstić information content (AvgIpc) is 3.57. The quantitative estimate of drug-likeness (QED) is 0.163. The fourth-order valence-electron chi connectivity index (χ4n) is 6.34. The molecule has 3 fully saturated rings. The number of nitrogens with one attached hydrogen (secondary N) is 2. The second-order valence-electron chi connectivity index (χ2n) is 12.9. The Morgan fingerprint density at radius 2 is 1.57 bits per heavy atom. The van der Waals surface area contributed by atoms with Crippen molar-refractivity contribution in [3.05, 3.63) is 24.2 Å². The molecule has 0 aromatic carbocycles. The SMILES string of the molecule is C[C@H](NP(=O)(N[C@@H](C)C(=O)OC1CCCCC1)OC[C@@]1(C)O[C@@H](c2ccc3c(N)ncnn23)[C@H](O)[C@@H]1O)C(=O)OC1CCCCC1. The first-order valence-corrected chi connectivity index (χ1v) is 17.8. The Morgan fingerprint density at radius 3 is 2.11 bits per heavy atom. The van der Waals surface area contributed by atoms with Gasteiger partial charge in [-0.1, -0.05) is 12.8 Å². The molecular formula is C30H47N6O9P. The summed E-state index contributed by atoms with van der Waals surface area (Å²) in [5, 5.41) is 31.8. The Bertz CT molecular complexity index is 1370. The number of nitrogens with two attached hydrogens (primary N) is 1. The predicted molar refractivity (Wildman–Crippen MR) is 166 cm³/mol. The summed E-state index contributed by atoms with van der Waals surface area (Å²) in [7, 11) is -4.23. The summed E-state index contributed by atoms with van der Waals surface area (Å²) in [5.41, 5.74) is 5.29. The van der Waals surface area contributed by atoms with Gasteiger partial charge in [0.2, 0.25) is 0 Å². The highest BCUT2D eigenvalue weighted by Crippen LogP contribution is 2.45. The number of esters is 2. The standard InChI is InChI=1S/C30H47N6O9P/c1-18(28(39)43-20-10-6-4-7-11-20)34-46(41,35-19(2)29(40)44-21-12-8-5-9-13-21)42-16-30(3)26(38)24(37)25(45-30)22-14-15-23-27(31)32-17-33-36(22)23/h14-15,17-21,24-26,37-38H,4-13,16H2,1-3H3,(H2,31,32,33)(H2,34,35,41)/t18-,19-,24-,25-,26-,30+/m0/s1. The van der Waals surface area contributed by atoms with Gasteiger partial charge in [0.05, 0.1) is 12.3 Å². The van der Waals surface area contributed by atoms with Gasteiger partial charge in [-0.05, 0) is 84.3 Å². The van der Waals surface area contributed by atoms with Crippen LogP contribution in [-0.4, -0.2) is 85.5 Å². The first-order valence-electron chi connectivity index (χ1n) is 16.2. The lowest BCUT2D eigenvalue weighted by atomic mass is 9.97. The molecule has 1 aliphatic heterocycles. The lowest BCUT2D eigenvalue weighted by molar-refractivity contribution is -0.152. The van der Waals surface area contributed by atoms with E-state index in [2.05, 4.69) is 20.3 Å². The van der Waals surface area contributed by atoms with Crippen molar-refractivity contribution in [3.8, 4) is 0 Å². The van der Waals surface area contributed by atoms with Gasteiger partial charge in [0.25, 0.3) is 0 Å². The number of hydrogen-bond donors (Lipinski definition) is 5. The number of anilines is 1. The second kappa shape index (κ2) is 14.6. The van der Waals surface area contributed by atoms with E-state index in [0.29, 0.717) is 11.2 Å². The van der Waals surface area contributed by atoms with Crippen LogP contribution < -0.4 is 15.9 Å². The van der Waals surface area contributed by atoms with Crippen LogP contribution in [0.4, 0.5) is 5.82 Å². The van der Waals surface area contributed by atoms with Crippen LogP contribution in [0.3, 0.4) is 0 Å². The summed E-state index contributed by atoms with van der Waals surface area (Å²) in [6.45, 7) is 4.02. The number of ether oxygens (including phenoxy) is 3. The molecule has 5 rings (SSSR count). The molecule has 1 saturated heterocycles. The molecular weight excluding hydrogens is 619 g/mol. The maximum Gasteiger partial charge on any atom is 0.342 e. The van der Waals surface area contributed by atoms with Crippen molar-refractivity contribution in [2.75, 3.05) is 12.3 Å². The molecule has 15 nitrogen and oxygen atoms in total. The molecule has 6 atom stereocenters. The number of carbonyl (C=O) groups is 2. The van der Waals surface area contributed by atoms with Crippen molar-refractivity contribution >= 4 is 30.9 Å². The van der Waals surface area contributed by atoms with E-state index < -0.39 is 62.2 Å². The van der Waals surface area contributed by atoms with Crippen LogP contribution in [0.2, 0.25) is 0 Å². The summed E-state index contributed by atoms with van der Waals surface area (Å²) < 4.78 is 39.2. The molecule has 256 valence electrons. The molecule has 2 aromatic rings. The van der Waals surface area contributed by atoms with Crippen molar-refractivity contribution in [3.63, 3.8) is 0 Å². The third-order valence-corrected chi connectivity index (χ3v) is 11.0. The van der Waals surface area contributed by atoms with Gasteiger partial charge in [-0.25, -0.2) is 19.7 Å². The van der Waals surface area contributed by atoms with Gasteiger partial charge in [0.15, 0.2) is 5.82 Å². The lowest BCUT2D eigenvalue weighted by Crippen LogP contribution is -2.47. The van der Waals surface area contributed by atoms with Crippen LogP contribution in [-0.2, 0) is 32.9 Å². The molecule has 2 aromatic heterocycles. The van der Waals surface area contributed by atoms with E-state index in [1.165, 1.54) is 31.6 Å². The number of carbonyl (C=O) groups excluding carboxylic acids is 2. The molecule has 46 heavy (non-hydrogen) atoms. The number of aromatic nitrogens is 3. The van der Waals surface area contributed by atoms with E-state index >= 15 is 0 Å². The summed E-state index contributed by atoms with van der Waals surface area (Å²) in [6.07, 6.45) is 6.03. The van der Waals surface area contributed by atoms with Crippen LogP contribution in [0.25, 0.3) is 5.52 Å². The maximum absolute atomic E-state index is 14.3. The van der Waals surface area contributed by atoms with Gasteiger partial charge in [-0.3, -0.25) is 14.2 Å². The first kappa shape index (κ1) is 34.7. The smallest absolute Gasteiger partial charge is 0.342 e. The van der Waals surface area contributed by atoms with Gasteiger partial charge in [0, 0.05) is 0 Å². The van der Waals surface area contributed by atoms with Gasteiger partial charge >= 0.3 is 19.6 Å². The Morgan fingerprint density at radius 1 is 1.02 bits per heavy atom. The maximum atomic E-state index is 14.3. The van der Waals surface area contributed by atoms with Gasteiger partial charge < -0.3 is 34.7 Å². The molecule has 3 heterocycles. The normalized spacial score (nSPS) is 27.8. The topological polar surface area (TPSA) is 209 Å². The van der Waals surface area contributed by atoms with E-state index in [1.54, 1.807) is 12.1 Å². The van der Waals surface area contributed by atoms with Crippen LogP contribution in [0, 0.1) is 0 Å². The average molecular weight is 667 g/mol. The molecule has 0 radical (unpaired) electrons. The first-order chi connectivity index (χ1) is 21.9. The summed E-state index contributed by atoms with van der Waals surface area (Å²) in [4.78, 5) is 30.0. The van der Waals surface area contributed by atoms with Crippen molar-refractivity contribution in [1.29, 1.82) is 0 Å². The van der Waals surface area contributed by atoms with E-state index in [9.17, 15) is 24.4 Å². The van der Waals surface area contributed by atoms with Gasteiger partial charge in [0.1, 0.15) is 60.0 Å². The molecule has 0 spiro atoms. The minimum atomic E-state index is -4.23. The highest BCUT2D eigenvalue weighted by molar-refractivity contribution is 7.54. The number of nitrogens with zero attached hydrogens (tertiary/aromatic N) is 3. The number of hydrogen-bond acceptors (Lipinski definition) is 12. The highest BCUT2D eigenvalue weighted by atomic mass is 31.2. The van der Waals surface area contributed by atoms with Gasteiger partial charge in [-0.15, -0.1) is 0 Å². The van der Waals surface area contributed by atoms with Crippen LogP contribution >= 0.6 is 7.67 Å². The van der Waals surface area contributed by atoms with Crippen LogP contribution in [0.1, 0.15) is 96.8 Å². The van der Waals surface area contributed by atoms with Crippen molar-refractivity contribution < 1.29 is 43.1 Å². The largest absolute Gasteiger partial charge is 0.461 e. The van der Waals surface area contributed by atoms with Crippen LogP contribution in [0.5, 0.6) is 0 Å². The number of nitrogen functional groups attached to an aromatic ring is 1. The van der Waals surface area contributed by atoms with Crippen molar-refractivity contribution in [2.24, 2.45) is 0 Å². The molecule has 2 saturated carbocycles. The zero-order valence-corrected chi connectivity index (χ0v) is 27.6. The van der Waals surface area contributed by atoms with Crippen LogP contribution in [0.15, 0.2) is 18.5 Å². The number of aliphatic hydroxyl groups excluding tert-OH is 2. The monoisotopic (exact) mass is 666 g/mol. The molecule has 16 heteroatoms. The zero-order valence-electron chi connectivity index (χ0n) is 26.7. The summed E-state index contributed by atoms with van der Waals surface area (Å²) in [5.74, 6) is -0.976. The highest BCUT2D eigenvalue weighted by Gasteiger charge is 2.53. The third kappa shape index (κ3) is 7.89. The second-order valence-corrected chi connectivity index (χ2v) is 14.8. The van der Waals surface area contributed by atoms with E-state index in [4.69, 9.17) is 24.5 Å². The Balaban J connectivity index is 1.30. The molecule has 0 unspecified atom stereocenters. The van der Waals surface area contributed by atoms with E-state index in [-0.39, 0.29) is 18.0 Å². The lowest BCUT2D eigenvalue weighted by Gasteiger charge is -2.32. The molecule has 2 aliphatic carbocycles. The molecule has 3 aliphatic rings. The van der Waals surface area contributed by atoms with E-state index in [1.807, 2.05) is 0 Å². The molecule has 0 bridgehead atoms. The Labute approximate surface area is 268 Å². The number of rotatable bonds is 12. The molecule has 0 amide bonds. The summed E-state index contributed by atoms with van der Waals surface area (Å²) in [6, 6.07) is 1.18. The molecule has 6 N–H and O–H groups in total. The third-order valence-electron chi connectivity index (χ3n) is 9.10. The van der Waals surface area contributed by atoms with E-state index in [0.717, 1.165) is 64.2 Å². The van der Waals surface area contributed by atoms with Crippen molar-refractivity contribution in [1.82, 2.24) is 24.8 Å².